The molecule has 4 nitrogen and oxygen atoms in total. The lowest BCUT2D eigenvalue weighted by molar-refractivity contribution is -0.113. The zero-order valence-electron chi connectivity index (χ0n) is 11.5. The number of ether oxygens (including phenoxy) is 1. The number of amides is 1. The van der Waals surface area contributed by atoms with Gasteiger partial charge in [-0.3, -0.25) is 0 Å². The molecule has 0 saturated heterocycles. The minimum Gasteiger partial charge on any atom is -0.444 e. The SMILES string of the molecule is CC(C)(C)OC(=O)NC(C)(C=O)c1ccccc1Cl. The van der Waals surface area contributed by atoms with E-state index in [1.54, 1.807) is 52.0 Å². The fraction of sp³-hybridized carbons (Fsp3) is 0.429. The van der Waals surface area contributed by atoms with E-state index in [1.807, 2.05) is 0 Å². The van der Waals surface area contributed by atoms with Crippen molar-refractivity contribution in [2.24, 2.45) is 0 Å². The summed E-state index contributed by atoms with van der Waals surface area (Å²) in [5.74, 6) is 0. The Morgan fingerprint density at radius 1 is 1.26 bits per heavy atom. The van der Waals surface area contributed by atoms with Crippen LogP contribution in [0, 0.1) is 0 Å². The van der Waals surface area contributed by atoms with Crippen LogP contribution < -0.4 is 5.32 Å². The second kappa shape index (κ2) is 5.61. The molecule has 1 aromatic rings. The fourth-order valence-corrected chi connectivity index (χ4v) is 1.89. The summed E-state index contributed by atoms with van der Waals surface area (Å²) in [5.41, 5.74) is -1.33. The second-order valence-corrected chi connectivity index (χ2v) is 5.83. The predicted molar refractivity (Wildman–Crippen MR) is 74.2 cm³/mol. The number of carbonyl (C=O) groups is 2. The highest BCUT2D eigenvalue weighted by Crippen LogP contribution is 2.26. The molecule has 0 aliphatic carbocycles. The van der Waals surface area contributed by atoms with Crippen LogP contribution in [-0.2, 0) is 15.1 Å². The van der Waals surface area contributed by atoms with Crippen LogP contribution in [0.15, 0.2) is 24.3 Å². The third-order valence-corrected chi connectivity index (χ3v) is 2.76. The first-order chi connectivity index (χ1) is 8.68. The van der Waals surface area contributed by atoms with Crippen molar-refractivity contribution in [3.05, 3.63) is 34.9 Å². The summed E-state index contributed by atoms with van der Waals surface area (Å²) in [7, 11) is 0. The molecule has 0 aliphatic heterocycles. The highest BCUT2D eigenvalue weighted by Gasteiger charge is 2.32. The van der Waals surface area contributed by atoms with E-state index in [0.717, 1.165) is 0 Å². The van der Waals surface area contributed by atoms with Gasteiger partial charge in [-0.05, 0) is 33.8 Å². The van der Waals surface area contributed by atoms with E-state index in [4.69, 9.17) is 16.3 Å². The van der Waals surface area contributed by atoms with Crippen molar-refractivity contribution in [2.75, 3.05) is 0 Å². The Bertz CT molecular complexity index is 482. The van der Waals surface area contributed by atoms with Crippen LogP contribution in [0.4, 0.5) is 4.79 Å². The maximum atomic E-state index is 11.8. The molecular weight excluding hydrogens is 266 g/mol. The van der Waals surface area contributed by atoms with Gasteiger partial charge in [-0.25, -0.2) is 4.79 Å². The van der Waals surface area contributed by atoms with E-state index in [2.05, 4.69) is 5.32 Å². The average molecular weight is 284 g/mol. The molecule has 0 saturated carbocycles. The predicted octanol–water partition coefficient (Wildman–Crippen LogP) is 3.28. The molecule has 0 spiro atoms. The minimum atomic E-state index is -1.22. The zero-order chi connectivity index (χ0) is 14.7. The Morgan fingerprint density at radius 3 is 2.32 bits per heavy atom. The summed E-state index contributed by atoms with van der Waals surface area (Å²) in [6, 6.07) is 6.85. The standard InChI is InChI=1S/C14H18ClNO3/c1-13(2,3)19-12(18)16-14(4,9-17)10-7-5-6-8-11(10)15/h5-9H,1-4H3,(H,16,18). The largest absolute Gasteiger partial charge is 0.444 e. The van der Waals surface area contributed by atoms with E-state index in [-0.39, 0.29) is 0 Å². The fourth-order valence-electron chi connectivity index (χ4n) is 1.56. The lowest BCUT2D eigenvalue weighted by Gasteiger charge is -2.28. The lowest BCUT2D eigenvalue weighted by atomic mass is 9.94. The molecule has 19 heavy (non-hydrogen) atoms. The van der Waals surface area contributed by atoms with Gasteiger partial charge in [0.15, 0.2) is 0 Å². The molecule has 0 radical (unpaired) electrons. The molecule has 1 N–H and O–H groups in total. The number of hydrogen-bond donors (Lipinski definition) is 1. The number of nitrogens with one attached hydrogen (secondary N) is 1. The monoisotopic (exact) mass is 283 g/mol. The number of hydrogen-bond acceptors (Lipinski definition) is 3. The van der Waals surface area contributed by atoms with Crippen LogP contribution in [0.3, 0.4) is 0 Å². The van der Waals surface area contributed by atoms with E-state index >= 15 is 0 Å². The van der Waals surface area contributed by atoms with Crippen molar-refractivity contribution in [3.63, 3.8) is 0 Å². The first kappa shape index (κ1) is 15.5. The van der Waals surface area contributed by atoms with Crippen LogP contribution in [0.1, 0.15) is 33.3 Å². The van der Waals surface area contributed by atoms with Gasteiger partial charge in [0.05, 0.1) is 0 Å². The van der Waals surface area contributed by atoms with Crippen molar-refractivity contribution in [3.8, 4) is 0 Å². The quantitative estimate of drug-likeness (QED) is 0.866. The van der Waals surface area contributed by atoms with Crippen molar-refractivity contribution >= 4 is 24.0 Å². The van der Waals surface area contributed by atoms with Crippen LogP contribution in [0.5, 0.6) is 0 Å². The van der Waals surface area contributed by atoms with Crippen LogP contribution in [0.25, 0.3) is 0 Å². The molecule has 0 aromatic heterocycles. The Kier molecular flexibility index (Phi) is 4.58. The highest BCUT2D eigenvalue weighted by molar-refractivity contribution is 6.31. The summed E-state index contributed by atoms with van der Waals surface area (Å²) >= 11 is 6.05. The van der Waals surface area contributed by atoms with Gasteiger partial charge in [0, 0.05) is 10.6 Å². The smallest absolute Gasteiger partial charge is 0.408 e. The zero-order valence-corrected chi connectivity index (χ0v) is 12.2. The number of aldehydes is 1. The topological polar surface area (TPSA) is 55.4 Å². The van der Waals surface area contributed by atoms with Crippen molar-refractivity contribution in [1.29, 1.82) is 0 Å². The minimum absolute atomic E-state index is 0.410. The van der Waals surface area contributed by atoms with Crippen molar-refractivity contribution in [2.45, 2.75) is 38.8 Å². The Morgan fingerprint density at radius 2 is 1.84 bits per heavy atom. The number of benzene rings is 1. The highest BCUT2D eigenvalue weighted by atomic mass is 35.5. The Balaban J connectivity index is 2.97. The summed E-state index contributed by atoms with van der Waals surface area (Å²) in [4.78, 5) is 23.1. The molecule has 1 amide bonds. The summed E-state index contributed by atoms with van der Waals surface area (Å²) in [6.07, 6.45) is -0.0278. The molecule has 104 valence electrons. The van der Waals surface area contributed by atoms with Gasteiger partial charge in [-0.1, -0.05) is 29.8 Å². The van der Waals surface area contributed by atoms with E-state index in [0.29, 0.717) is 16.9 Å². The van der Waals surface area contributed by atoms with Gasteiger partial charge in [0.2, 0.25) is 0 Å². The second-order valence-electron chi connectivity index (χ2n) is 5.43. The van der Waals surface area contributed by atoms with Gasteiger partial charge >= 0.3 is 6.09 Å². The van der Waals surface area contributed by atoms with Gasteiger partial charge < -0.3 is 14.8 Å². The molecule has 0 fully saturated rings. The van der Waals surface area contributed by atoms with E-state index < -0.39 is 17.2 Å². The third kappa shape index (κ3) is 4.24. The number of rotatable bonds is 3. The number of alkyl carbamates (subject to hydrolysis) is 1. The van der Waals surface area contributed by atoms with Gasteiger partial charge in [0.25, 0.3) is 0 Å². The van der Waals surface area contributed by atoms with E-state index in [9.17, 15) is 9.59 Å². The third-order valence-electron chi connectivity index (χ3n) is 2.43. The molecule has 1 atom stereocenters. The van der Waals surface area contributed by atoms with Crippen molar-refractivity contribution < 1.29 is 14.3 Å². The molecular formula is C14H18ClNO3. The van der Waals surface area contributed by atoms with E-state index in [1.165, 1.54) is 0 Å². The van der Waals surface area contributed by atoms with Crippen LogP contribution in [-0.4, -0.2) is 18.0 Å². The molecule has 1 aromatic carbocycles. The maximum absolute atomic E-state index is 11.8. The van der Waals surface area contributed by atoms with Gasteiger partial charge in [0.1, 0.15) is 17.4 Å². The number of carbonyl (C=O) groups excluding carboxylic acids is 2. The number of halogens is 1. The van der Waals surface area contributed by atoms with Crippen molar-refractivity contribution in [1.82, 2.24) is 5.32 Å². The summed E-state index contributed by atoms with van der Waals surface area (Å²) in [6.45, 7) is 6.83. The van der Waals surface area contributed by atoms with Gasteiger partial charge in [-0.2, -0.15) is 0 Å². The first-order valence-corrected chi connectivity index (χ1v) is 6.28. The molecule has 0 aliphatic rings. The molecule has 1 unspecified atom stereocenters. The molecule has 0 heterocycles. The normalized spacial score (nSPS) is 14.4. The molecule has 1 rings (SSSR count). The first-order valence-electron chi connectivity index (χ1n) is 5.90. The summed E-state index contributed by atoms with van der Waals surface area (Å²) < 4.78 is 5.14. The Labute approximate surface area is 118 Å². The van der Waals surface area contributed by atoms with Crippen LogP contribution in [0.2, 0.25) is 5.02 Å². The average Bonchev–Trinajstić information content (AvgIpc) is 2.26. The van der Waals surface area contributed by atoms with Gasteiger partial charge in [-0.15, -0.1) is 0 Å². The lowest BCUT2D eigenvalue weighted by Crippen LogP contribution is -2.47. The Hall–Kier alpha value is -1.55. The summed E-state index contributed by atoms with van der Waals surface area (Å²) in [5, 5.41) is 2.95. The molecule has 0 bridgehead atoms. The maximum Gasteiger partial charge on any atom is 0.408 e. The molecule has 5 heteroatoms. The van der Waals surface area contributed by atoms with Crippen LogP contribution >= 0.6 is 11.6 Å².